The summed E-state index contributed by atoms with van der Waals surface area (Å²) < 4.78 is 1.71. The molecule has 0 aliphatic carbocycles. The fourth-order valence-electron chi connectivity index (χ4n) is 1.85. The van der Waals surface area contributed by atoms with E-state index in [9.17, 15) is 0 Å². The number of anilines is 1. The van der Waals surface area contributed by atoms with Crippen LogP contribution in [-0.2, 0) is 0 Å². The maximum Gasteiger partial charge on any atom is 0.182 e. The van der Waals surface area contributed by atoms with Gasteiger partial charge in [-0.05, 0) is 24.3 Å². The minimum atomic E-state index is 0.630. The molecule has 22 heavy (non-hydrogen) atoms. The van der Waals surface area contributed by atoms with Crippen LogP contribution in [0.5, 0.6) is 0 Å². The van der Waals surface area contributed by atoms with Crippen LogP contribution in [0.25, 0.3) is 5.43 Å². The van der Waals surface area contributed by atoms with E-state index in [1.54, 1.807) is 10.9 Å². The number of nitrogens with zero attached hydrogens (tertiary/aromatic N) is 3. The van der Waals surface area contributed by atoms with Gasteiger partial charge in [0, 0.05) is 34.8 Å². The Morgan fingerprint density at radius 3 is 2.45 bits per heavy atom. The van der Waals surface area contributed by atoms with Crippen molar-refractivity contribution in [2.45, 2.75) is 0 Å². The second kappa shape index (κ2) is 6.42. The number of rotatable bonds is 2. The lowest BCUT2D eigenvalue weighted by Gasteiger charge is -2.07. The normalized spacial score (nSPS) is 9.64. The van der Waals surface area contributed by atoms with Crippen LogP contribution in [-0.4, -0.2) is 4.98 Å². The quantitative estimate of drug-likeness (QED) is 0.447. The van der Waals surface area contributed by atoms with Crippen molar-refractivity contribution in [3.05, 3.63) is 89.7 Å². The van der Waals surface area contributed by atoms with E-state index in [4.69, 9.17) is 5.73 Å². The third-order valence-corrected chi connectivity index (χ3v) is 2.90. The first kappa shape index (κ1) is 13.7. The van der Waals surface area contributed by atoms with Crippen molar-refractivity contribution < 1.29 is 4.68 Å². The van der Waals surface area contributed by atoms with Gasteiger partial charge < -0.3 is 10.7 Å². The maximum atomic E-state index is 5.73. The van der Waals surface area contributed by atoms with E-state index >= 15 is 0 Å². The highest BCUT2D eigenvalue weighted by Crippen LogP contribution is 2.11. The molecule has 2 aromatic heterocycles. The summed E-state index contributed by atoms with van der Waals surface area (Å²) in [4.78, 5) is 4.29. The number of nitrogen functional groups attached to an aromatic ring is 1. The maximum absolute atomic E-state index is 5.73. The Balaban J connectivity index is 1.72. The second-order valence-corrected chi connectivity index (χ2v) is 4.64. The molecule has 4 heteroatoms. The molecular formula is C18H14N4. The van der Waals surface area contributed by atoms with Gasteiger partial charge in [-0.3, -0.25) is 0 Å². The summed E-state index contributed by atoms with van der Waals surface area (Å²) in [7, 11) is 0. The minimum Gasteiger partial charge on any atom is -0.437 e. The smallest absolute Gasteiger partial charge is 0.182 e. The Labute approximate surface area is 129 Å². The van der Waals surface area contributed by atoms with Crippen LogP contribution in [0.2, 0.25) is 0 Å². The summed E-state index contributed by atoms with van der Waals surface area (Å²) in [6.07, 6.45) is 5.42. The number of nitrogens with two attached hydrogens (primary N) is 1. The van der Waals surface area contributed by atoms with E-state index in [2.05, 4.69) is 22.3 Å². The number of aromatic nitrogens is 2. The molecule has 0 amide bonds. The summed E-state index contributed by atoms with van der Waals surface area (Å²) in [5.41, 5.74) is 12.5. The van der Waals surface area contributed by atoms with Gasteiger partial charge in [0.2, 0.25) is 0 Å². The van der Waals surface area contributed by atoms with Crippen molar-refractivity contribution in [1.29, 1.82) is 0 Å². The summed E-state index contributed by atoms with van der Waals surface area (Å²) in [5.74, 6) is 6.76. The van der Waals surface area contributed by atoms with Crippen LogP contribution in [0.3, 0.4) is 0 Å². The molecule has 0 aliphatic heterocycles. The van der Waals surface area contributed by atoms with Crippen LogP contribution >= 0.6 is 0 Å². The lowest BCUT2D eigenvalue weighted by molar-refractivity contribution is -0.619. The number of pyridine rings is 2. The van der Waals surface area contributed by atoms with Gasteiger partial charge in [-0.2, -0.15) is 10.1 Å². The van der Waals surface area contributed by atoms with E-state index in [-0.39, 0.29) is 0 Å². The summed E-state index contributed by atoms with van der Waals surface area (Å²) in [6, 6.07) is 17.0. The van der Waals surface area contributed by atoms with Crippen molar-refractivity contribution in [3.8, 4) is 11.8 Å². The molecule has 4 nitrogen and oxygen atoms in total. The van der Waals surface area contributed by atoms with Gasteiger partial charge in [0.15, 0.2) is 12.4 Å². The molecule has 0 atom stereocenters. The van der Waals surface area contributed by atoms with Crippen LogP contribution < -0.4 is 10.4 Å². The van der Waals surface area contributed by atoms with E-state index in [0.717, 1.165) is 11.1 Å². The molecule has 106 valence electrons. The molecular weight excluding hydrogens is 272 g/mol. The molecule has 0 bridgehead atoms. The van der Waals surface area contributed by atoms with Crippen LogP contribution in [0, 0.1) is 11.8 Å². The predicted octanol–water partition coefficient (Wildman–Crippen LogP) is 2.82. The Hall–Kier alpha value is -3.32. The van der Waals surface area contributed by atoms with Gasteiger partial charge in [0.05, 0.1) is 0 Å². The molecule has 0 unspecified atom stereocenters. The first-order valence-electron chi connectivity index (χ1n) is 6.81. The SMILES string of the molecule is Nc1cccc(C#Cc2ccc([N-][n+]3ccccc3)nc2)c1. The molecule has 0 spiro atoms. The third-order valence-electron chi connectivity index (χ3n) is 2.90. The van der Waals surface area contributed by atoms with Gasteiger partial charge in [0.1, 0.15) is 0 Å². The molecule has 3 rings (SSSR count). The Kier molecular flexibility index (Phi) is 3.98. The van der Waals surface area contributed by atoms with Crippen LogP contribution in [0.15, 0.2) is 73.2 Å². The molecule has 0 fully saturated rings. The highest BCUT2D eigenvalue weighted by atomic mass is 15.4. The average Bonchev–Trinajstić information content (AvgIpc) is 2.55. The molecule has 3 aromatic rings. The third kappa shape index (κ3) is 3.62. The summed E-state index contributed by atoms with van der Waals surface area (Å²) >= 11 is 0. The van der Waals surface area contributed by atoms with Crippen molar-refractivity contribution in [2.24, 2.45) is 0 Å². The molecule has 2 heterocycles. The summed E-state index contributed by atoms with van der Waals surface area (Å²) in [5, 5.41) is 0. The van der Waals surface area contributed by atoms with Crippen molar-refractivity contribution in [2.75, 3.05) is 5.73 Å². The van der Waals surface area contributed by atoms with Crippen LogP contribution in [0.1, 0.15) is 11.1 Å². The van der Waals surface area contributed by atoms with Crippen molar-refractivity contribution >= 4 is 11.5 Å². The van der Waals surface area contributed by atoms with Gasteiger partial charge >= 0.3 is 0 Å². The zero-order valence-corrected chi connectivity index (χ0v) is 11.8. The standard InChI is InChI=1S/C18H14N4/c19-17-6-4-5-15(13-17)7-8-16-9-10-18(20-14-16)21-22-11-2-1-3-12-22/h1-6,9-14H,19H2. The molecule has 0 saturated carbocycles. The summed E-state index contributed by atoms with van der Waals surface area (Å²) in [6.45, 7) is 0. The Bertz CT molecular complexity index is 815. The first-order chi connectivity index (χ1) is 10.8. The van der Waals surface area contributed by atoms with Crippen molar-refractivity contribution in [1.82, 2.24) is 4.98 Å². The second-order valence-electron chi connectivity index (χ2n) is 4.64. The molecule has 0 saturated heterocycles. The molecule has 0 aliphatic rings. The zero-order valence-electron chi connectivity index (χ0n) is 11.8. The van der Waals surface area contributed by atoms with E-state index in [0.29, 0.717) is 11.5 Å². The highest BCUT2D eigenvalue weighted by Gasteiger charge is 1.93. The van der Waals surface area contributed by atoms with Crippen LogP contribution in [0.4, 0.5) is 11.5 Å². The predicted molar refractivity (Wildman–Crippen MR) is 86.1 cm³/mol. The fraction of sp³-hybridized carbons (Fsp3) is 0. The van der Waals surface area contributed by atoms with Crippen molar-refractivity contribution in [3.63, 3.8) is 0 Å². The molecule has 1 aromatic carbocycles. The minimum absolute atomic E-state index is 0.630. The van der Waals surface area contributed by atoms with Gasteiger partial charge in [-0.1, -0.05) is 36.2 Å². The lowest BCUT2D eigenvalue weighted by Crippen LogP contribution is -2.26. The largest absolute Gasteiger partial charge is 0.437 e. The van der Waals surface area contributed by atoms with E-state index in [1.807, 2.05) is 67.0 Å². The Morgan fingerprint density at radius 2 is 1.73 bits per heavy atom. The number of hydrogen-bond donors (Lipinski definition) is 1. The van der Waals surface area contributed by atoms with Gasteiger partial charge in [0.25, 0.3) is 0 Å². The van der Waals surface area contributed by atoms with Gasteiger partial charge in [-0.15, -0.1) is 0 Å². The number of hydrogen-bond acceptors (Lipinski definition) is 2. The Morgan fingerprint density at radius 1 is 0.909 bits per heavy atom. The average molecular weight is 286 g/mol. The lowest BCUT2D eigenvalue weighted by atomic mass is 10.2. The van der Waals surface area contributed by atoms with E-state index < -0.39 is 0 Å². The topological polar surface area (TPSA) is 56.9 Å². The van der Waals surface area contributed by atoms with E-state index in [1.165, 1.54) is 0 Å². The number of benzene rings is 1. The van der Waals surface area contributed by atoms with Gasteiger partial charge in [-0.25, -0.2) is 0 Å². The highest BCUT2D eigenvalue weighted by molar-refractivity contribution is 5.50. The monoisotopic (exact) mass is 286 g/mol. The zero-order chi connectivity index (χ0) is 15.2. The fourth-order valence-corrected chi connectivity index (χ4v) is 1.85. The molecule has 0 radical (unpaired) electrons. The molecule has 2 N–H and O–H groups in total. The first-order valence-corrected chi connectivity index (χ1v) is 6.81.